The molecule has 2 saturated heterocycles. The maximum atomic E-state index is 16.1. The minimum atomic E-state index is -1.24. The minimum Gasteiger partial charge on any atom is -0.388 e. The first-order chi connectivity index (χ1) is 20.7. The van der Waals surface area contributed by atoms with E-state index in [-0.39, 0.29) is 23.5 Å². The third-order valence-electron chi connectivity index (χ3n) is 9.14. The molecule has 0 radical (unpaired) electrons. The quantitative estimate of drug-likeness (QED) is 0.310. The van der Waals surface area contributed by atoms with Crippen LogP contribution in [0.15, 0.2) is 54.9 Å². The van der Waals surface area contributed by atoms with Gasteiger partial charge in [0.15, 0.2) is 0 Å². The van der Waals surface area contributed by atoms with Crippen molar-refractivity contribution in [2.24, 2.45) is 0 Å². The summed E-state index contributed by atoms with van der Waals surface area (Å²) in [5.41, 5.74) is 2.06. The second kappa shape index (κ2) is 10.6. The van der Waals surface area contributed by atoms with Crippen LogP contribution in [0.25, 0.3) is 22.2 Å². The summed E-state index contributed by atoms with van der Waals surface area (Å²) < 4.78 is 33.1. The molecule has 0 spiro atoms. The molecule has 2 N–H and O–H groups in total. The summed E-state index contributed by atoms with van der Waals surface area (Å²) in [5, 5.41) is 18.7. The van der Waals surface area contributed by atoms with E-state index in [1.807, 2.05) is 23.0 Å². The smallest absolute Gasteiger partial charge is 0.234 e. The molecule has 3 fully saturated rings. The lowest BCUT2D eigenvalue weighted by molar-refractivity contribution is -0.134. The van der Waals surface area contributed by atoms with E-state index in [1.165, 1.54) is 6.07 Å². The molecular formula is C33H33F2N5O3. The topological polar surface area (TPSA) is 100 Å². The van der Waals surface area contributed by atoms with Crippen LogP contribution in [0.4, 0.5) is 8.78 Å². The maximum Gasteiger partial charge on any atom is 0.234 e. The number of piperidine rings is 2. The predicted molar refractivity (Wildman–Crippen MR) is 156 cm³/mol. The molecule has 2 aromatic heterocycles. The summed E-state index contributed by atoms with van der Waals surface area (Å²) in [6.45, 7) is 3.06. The van der Waals surface area contributed by atoms with Crippen molar-refractivity contribution in [3.05, 3.63) is 83.2 Å². The molecule has 4 aromatic rings. The molecule has 222 valence electrons. The Balaban J connectivity index is 1.07. The van der Waals surface area contributed by atoms with Crippen molar-refractivity contribution < 1.29 is 23.5 Å². The van der Waals surface area contributed by atoms with Crippen LogP contribution in [-0.2, 0) is 16.1 Å². The Morgan fingerprint density at radius 3 is 2.65 bits per heavy atom. The second-order valence-electron chi connectivity index (χ2n) is 12.4. The molecule has 1 saturated carbocycles. The lowest BCUT2D eigenvalue weighted by atomic mass is 9.77. The summed E-state index contributed by atoms with van der Waals surface area (Å²) in [6, 6.07) is 12.5. The number of rotatable bonds is 6. The Hall–Kier alpha value is -4.02. The van der Waals surface area contributed by atoms with Crippen molar-refractivity contribution in [3.63, 3.8) is 0 Å². The molecule has 7 rings (SSSR count). The van der Waals surface area contributed by atoms with Gasteiger partial charge in [-0.2, -0.15) is 5.10 Å². The number of pyridine rings is 1. The van der Waals surface area contributed by atoms with Gasteiger partial charge >= 0.3 is 0 Å². The summed E-state index contributed by atoms with van der Waals surface area (Å²) in [4.78, 5) is 30.4. The summed E-state index contributed by atoms with van der Waals surface area (Å²) >= 11 is 0. The van der Waals surface area contributed by atoms with Gasteiger partial charge in [-0.1, -0.05) is 12.1 Å². The molecule has 2 aliphatic heterocycles. The van der Waals surface area contributed by atoms with Gasteiger partial charge in [0.05, 0.1) is 28.8 Å². The Morgan fingerprint density at radius 2 is 1.91 bits per heavy atom. The van der Waals surface area contributed by atoms with Crippen LogP contribution in [0.1, 0.15) is 73.6 Å². The van der Waals surface area contributed by atoms with Crippen LogP contribution in [0.2, 0.25) is 0 Å². The first kappa shape index (κ1) is 27.8. The summed E-state index contributed by atoms with van der Waals surface area (Å²) in [7, 11) is 0. The fourth-order valence-electron chi connectivity index (χ4n) is 6.71. The second-order valence-corrected chi connectivity index (χ2v) is 12.4. The van der Waals surface area contributed by atoms with Gasteiger partial charge < -0.3 is 5.11 Å². The fourth-order valence-corrected chi connectivity index (χ4v) is 6.71. The number of aliphatic hydroxyl groups is 1. The van der Waals surface area contributed by atoms with Crippen molar-refractivity contribution in [2.75, 3.05) is 13.1 Å². The van der Waals surface area contributed by atoms with Gasteiger partial charge in [0, 0.05) is 48.8 Å². The van der Waals surface area contributed by atoms with E-state index < -0.39 is 29.2 Å². The standard InChI is InChI=1S/C33H33F2N5O3/c1-33(43)18-39(17-19-2-5-24(27(34)14-19)29-11-13-40(38-29)21-3-4-21)12-10-26(33)23-6-8-28-25(31(23)35)15-20(16-36-28)22-7-9-30(41)37-32(22)42/h2,5-6,8,11,13-16,21-22,26,43H,3-4,7,9-10,12,17-18H2,1H3,(H,37,41,42). The molecular weight excluding hydrogens is 552 g/mol. The highest BCUT2D eigenvalue weighted by molar-refractivity contribution is 6.01. The van der Waals surface area contributed by atoms with E-state index >= 15 is 8.78 Å². The number of carbonyl (C=O) groups is 2. The predicted octanol–water partition coefficient (Wildman–Crippen LogP) is 4.97. The number of hydrogen-bond donors (Lipinski definition) is 2. The number of likely N-dealkylation sites (tertiary alicyclic amines) is 1. The first-order valence-corrected chi connectivity index (χ1v) is 14.9. The highest BCUT2D eigenvalue weighted by Gasteiger charge is 2.40. The van der Waals surface area contributed by atoms with Gasteiger partial charge in [-0.25, -0.2) is 8.78 Å². The minimum absolute atomic E-state index is 0.223. The van der Waals surface area contributed by atoms with E-state index in [2.05, 4.69) is 20.3 Å². The number of fused-ring (bicyclic) bond motifs is 1. The number of hydrogen-bond acceptors (Lipinski definition) is 6. The van der Waals surface area contributed by atoms with E-state index in [0.29, 0.717) is 66.4 Å². The normalized spacial score (nSPS) is 24.8. The first-order valence-electron chi connectivity index (χ1n) is 14.9. The molecule has 8 nitrogen and oxygen atoms in total. The lowest BCUT2D eigenvalue weighted by Crippen LogP contribution is -2.50. The Bertz CT molecular complexity index is 1750. The van der Waals surface area contributed by atoms with Gasteiger partial charge in [-0.15, -0.1) is 0 Å². The van der Waals surface area contributed by atoms with Crippen molar-refractivity contribution in [3.8, 4) is 11.3 Å². The Kier molecular flexibility index (Phi) is 6.85. The van der Waals surface area contributed by atoms with Crippen molar-refractivity contribution in [1.29, 1.82) is 0 Å². The van der Waals surface area contributed by atoms with Gasteiger partial charge in [0.2, 0.25) is 11.8 Å². The number of nitrogens with zero attached hydrogens (tertiary/aromatic N) is 4. The molecule has 10 heteroatoms. The molecule has 3 atom stereocenters. The van der Waals surface area contributed by atoms with Crippen molar-refractivity contribution in [1.82, 2.24) is 25.0 Å². The van der Waals surface area contributed by atoms with Gasteiger partial charge in [-0.05, 0) is 86.2 Å². The number of aromatic nitrogens is 3. The molecule has 4 heterocycles. The average Bonchev–Trinajstić information content (AvgIpc) is 3.70. The maximum absolute atomic E-state index is 16.1. The molecule has 1 aliphatic carbocycles. The van der Waals surface area contributed by atoms with Gasteiger partial charge in [0.25, 0.3) is 0 Å². The van der Waals surface area contributed by atoms with Crippen LogP contribution in [0.5, 0.6) is 0 Å². The third-order valence-corrected chi connectivity index (χ3v) is 9.14. The molecule has 3 unspecified atom stereocenters. The third kappa shape index (κ3) is 5.34. The Labute approximate surface area is 247 Å². The number of benzene rings is 2. The highest BCUT2D eigenvalue weighted by Crippen LogP contribution is 2.40. The number of nitrogens with one attached hydrogen (secondary N) is 1. The van der Waals surface area contributed by atoms with E-state index in [1.54, 1.807) is 37.4 Å². The number of β-amino-alcohol motifs (C(OH)–C–C–N with tert-alkyl or cyclic N) is 1. The SMILES string of the molecule is CC1(O)CN(Cc2ccc(-c3ccn(C4CC4)n3)c(F)c2)CCC1c1ccc2ncc(C3CCC(=O)NC3=O)cc2c1F. The van der Waals surface area contributed by atoms with Crippen LogP contribution in [0.3, 0.4) is 0 Å². The summed E-state index contributed by atoms with van der Waals surface area (Å²) in [6.07, 6.45) is 6.77. The number of imide groups is 1. The fraction of sp³-hybridized carbons (Fsp3) is 0.394. The van der Waals surface area contributed by atoms with E-state index in [0.717, 1.165) is 18.4 Å². The number of amides is 2. The number of halogens is 2. The average molecular weight is 586 g/mol. The van der Waals surface area contributed by atoms with Gasteiger partial charge in [0.1, 0.15) is 11.6 Å². The van der Waals surface area contributed by atoms with E-state index in [9.17, 15) is 14.7 Å². The molecule has 2 amide bonds. The highest BCUT2D eigenvalue weighted by atomic mass is 19.1. The zero-order chi connectivity index (χ0) is 29.9. The Morgan fingerprint density at radius 1 is 1.07 bits per heavy atom. The van der Waals surface area contributed by atoms with Gasteiger partial charge in [-0.3, -0.25) is 29.5 Å². The number of carbonyl (C=O) groups excluding carboxylic acids is 2. The molecule has 0 bridgehead atoms. The van der Waals surface area contributed by atoms with Crippen LogP contribution in [0, 0.1) is 11.6 Å². The van der Waals surface area contributed by atoms with Crippen molar-refractivity contribution in [2.45, 2.75) is 69.1 Å². The van der Waals surface area contributed by atoms with Crippen LogP contribution in [-0.4, -0.2) is 55.3 Å². The monoisotopic (exact) mass is 585 g/mol. The van der Waals surface area contributed by atoms with Crippen molar-refractivity contribution >= 4 is 22.7 Å². The summed E-state index contributed by atoms with van der Waals surface area (Å²) in [5.74, 6) is -2.53. The zero-order valence-corrected chi connectivity index (χ0v) is 23.9. The van der Waals surface area contributed by atoms with Crippen LogP contribution < -0.4 is 5.32 Å². The van der Waals surface area contributed by atoms with Crippen LogP contribution >= 0.6 is 0 Å². The molecule has 43 heavy (non-hydrogen) atoms. The lowest BCUT2D eigenvalue weighted by Gasteiger charge is -2.43. The largest absolute Gasteiger partial charge is 0.388 e. The zero-order valence-electron chi connectivity index (χ0n) is 23.9. The van der Waals surface area contributed by atoms with E-state index in [4.69, 9.17) is 0 Å². The molecule has 3 aliphatic rings. The molecule has 2 aromatic carbocycles.